The normalized spacial score (nSPS) is 27.6. The Labute approximate surface area is 172 Å². The molecule has 1 amide bonds. The van der Waals surface area contributed by atoms with E-state index in [2.05, 4.69) is 11.0 Å². The van der Waals surface area contributed by atoms with Crippen LogP contribution in [0, 0.1) is 6.92 Å². The lowest BCUT2D eigenvalue weighted by molar-refractivity contribution is -0.123. The minimum absolute atomic E-state index is 0.0219. The molecule has 1 aliphatic carbocycles. The van der Waals surface area contributed by atoms with Gasteiger partial charge in [0.05, 0.1) is 24.1 Å². The molecule has 152 valence electrons. The maximum absolute atomic E-state index is 13.0. The third kappa shape index (κ3) is 4.00. The van der Waals surface area contributed by atoms with Crippen LogP contribution in [0.5, 0.6) is 0 Å². The van der Waals surface area contributed by atoms with Crippen molar-refractivity contribution in [2.45, 2.75) is 51.1 Å². The lowest BCUT2D eigenvalue weighted by atomic mass is 9.96. The van der Waals surface area contributed by atoms with Crippen molar-refractivity contribution in [2.75, 3.05) is 29.5 Å². The summed E-state index contributed by atoms with van der Waals surface area (Å²) < 4.78 is 24.9. The molecule has 5 nitrogen and oxygen atoms in total. The number of hydrogen-bond acceptors (Lipinski definition) is 4. The Morgan fingerprint density at radius 1 is 1.18 bits per heavy atom. The van der Waals surface area contributed by atoms with E-state index in [1.54, 1.807) is 11.0 Å². The highest BCUT2D eigenvalue weighted by Gasteiger charge is 2.49. The van der Waals surface area contributed by atoms with Crippen molar-refractivity contribution in [1.82, 2.24) is 4.90 Å². The van der Waals surface area contributed by atoms with Crippen LogP contribution in [0.4, 0.5) is 5.69 Å². The Balaban J connectivity index is 1.58. The van der Waals surface area contributed by atoms with E-state index in [1.807, 2.05) is 19.1 Å². The number of allylic oxidation sites excluding steroid dienone is 1. The number of anilines is 1. The van der Waals surface area contributed by atoms with Gasteiger partial charge in [-0.05, 0) is 56.7 Å². The summed E-state index contributed by atoms with van der Waals surface area (Å²) in [4.78, 5) is 16.8. The molecule has 0 bridgehead atoms. The Kier molecular flexibility index (Phi) is 5.55. The summed E-state index contributed by atoms with van der Waals surface area (Å²) in [7, 11) is -3.17. The third-order valence-electron chi connectivity index (χ3n) is 6.24. The van der Waals surface area contributed by atoms with Gasteiger partial charge in [0.25, 0.3) is 0 Å². The van der Waals surface area contributed by atoms with E-state index in [4.69, 9.17) is 11.6 Å². The summed E-state index contributed by atoms with van der Waals surface area (Å²) in [5.41, 5.74) is 3.08. The molecule has 0 aromatic heterocycles. The van der Waals surface area contributed by atoms with Crippen LogP contribution in [-0.4, -0.2) is 55.9 Å². The predicted octanol–water partition coefficient (Wildman–Crippen LogP) is 3.35. The summed E-state index contributed by atoms with van der Waals surface area (Å²) >= 11 is 6.27. The van der Waals surface area contributed by atoms with Gasteiger partial charge in [0.2, 0.25) is 5.91 Å². The van der Waals surface area contributed by atoms with Gasteiger partial charge in [-0.25, -0.2) is 8.42 Å². The fourth-order valence-electron chi connectivity index (χ4n) is 4.69. The highest BCUT2D eigenvalue weighted by atomic mass is 35.5. The number of carbonyl (C=O) groups excluding carboxylic acids is 1. The maximum atomic E-state index is 13.0. The lowest BCUT2D eigenvalue weighted by Gasteiger charge is -2.43. The number of aryl methyl sites for hydroxylation is 1. The SMILES string of the molecule is Cc1ccc(N2C(=O)CN(CCC3=CCCCC3)[C@H]3CS(=O)(=O)C[C@H]32)cc1Cl. The Bertz CT molecular complexity index is 912. The van der Waals surface area contributed by atoms with E-state index >= 15 is 0 Å². The molecule has 1 aromatic rings. The molecule has 2 heterocycles. The van der Waals surface area contributed by atoms with Crippen molar-refractivity contribution < 1.29 is 13.2 Å². The molecule has 2 aliphatic heterocycles. The zero-order valence-corrected chi connectivity index (χ0v) is 17.8. The minimum Gasteiger partial charge on any atom is -0.306 e. The number of sulfone groups is 1. The van der Waals surface area contributed by atoms with Gasteiger partial charge in [-0.2, -0.15) is 0 Å². The van der Waals surface area contributed by atoms with E-state index in [0.717, 1.165) is 31.4 Å². The first-order chi connectivity index (χ1) is 13.3. The zero-order chi connectivity index (χ0) is 19.9. The zero-order valence-electron chi connectivity index (χ0n) is 16.2. The van der Waals surface area contributed by atoms with Crippen LogP contribution in [0.15, 0.2) is 29.8 Å². The molecule has 0 radical (unpaired) electrons. The monoisotopic (exact) mass is 422 g/mol. The fraction of sp³-hybridized carbons (Fsp3) is 0.571. The summed E-state index contributed by atoms with van der Waals surface area (Å²) in [5.74, 6) is 0.102. The quantitative estimate of drug-likeness (QED) is 0.698. The highest BCUT2D eigenvalue weighted by Crippen LogP contribution is 2.34. The number of benzene rings is 1. The van der Waals surface area contributed by atoms with E-state index in [1.165, 1.54) is 18.4 Å². The van der Waals surface area contributed by atoms with Gasteiger partial charge in [-0.15, -0.1) is 0 Å². The molecule has 4 rings (SSSR count). The molecule has 2 fully saturated rings. The number of rotatable bonds is 4. The van der Waals surface area contributed by atoms with Crippen molar-refractivity contribution in [3.63, 3.8) is 0 Å². The maximum Gasteiger partial charge on any atom is 0.241 e. The average Bonchev–Trinajstić information content (AvgIpc) is 2.98. The second kappa shape index (κ2) is 7.81. The second-order valence-electron chi connectivity index (χ2n) is 8.24. The molecular formula is C21H27ClN2O3S. The van der Waals surface area contributed by atoms with Crippen molar-refractivity contribution in [1.29, 1.82) is 0 Å². The second-order valence-corrected chi connectivity index (χ2v) is 10.8. The smallest absolute Gasteiger partial charge is 0.241 e. The molecule has 0 N–H and O–H groups in total. The van der Waals surface area contributed by atoms with Crippen LogP contribution >= 0.6 is 11.6 Å². The molecule has 7 heteroatoms. The number of nitrogens with zero attached hydrogens (tertiary/aromatic N) is 2. The van der Waals surface area contributed by atoms with Gasteiger partial charge < -0.3 is 4.90 Å². The van der Waals surface area contributed by atoms with Crippen LogP contribution in [0.3, 0.4) is 0 Å². The molecule has 2 saturated heterocycles. The summed E-state index contributed by atoms with van der Waals surface area (Å²) in [6.45, 7) is 2.92. The van der Waals surface area contributed by atoms with Gasteiger partial charge in [0.15, 0.2) is 9.84 Å². The standard InChI is InChI=1S/C21H27ClN2O3S/c1-15-7-8-17(11-18(15)22)24-20-14-28(26,27)13-19(20)23(12-21(24)25)10-9-16-5-3-2-4-6-16/h5,7-8,11,19-20H,2-4,6,9-10,12-14H2,1H3/t19-,20+/m0/s1. The van der Waals surface area contributed by atoms with Crippen LogP contribution < -0.4 is 4.90 Å². The Morgan fingerprint density at radius 2 is 1.96 bits per heavy atom. The molecule has 0 unspecified atom stereocenters. The largest absolute Gasteiger partial charge is 0.306 e. The third-order valence-corrected chi connectivity index (χ3v) is 8.35. The summed E-state index contributed by atoms with van der Waals surface area (Å²) in [6.07, 6.45) is 7.99. The van der Waals surface area contributed by atoms with Gasteiger partial charge in [-0.3, -0.25) is 9.69 Å². The van der Waals surface area contributed by atoms with Crippen LogP contribution in [0.25, 0.3) is 0 Å². The minimum atomic E-state index is -3.17. The van der Waals surface area contributed by atoms with E-state index in [0.29, 0.717) is 10.7 Å². The number of carbonyl (C=O) groups is 1. The number of halogens is 1. The van der Waals surface area contributed by atoms with E-state index in [-0.39, 0.29) is 36.0 Å². The van der Waals surface area contributed by atoms with Gasteiger partial charge in [0, 0.05) is 23.3 Å². The van der Waals surface area contributed by atoms with Crippen molar-refractivity contribution >= 4 is 33.0 Å². The molecule has 2 atom stereocenters. The first kappa shape index (κ1) is 19.9. The van der Waals surface area contributed by atoms with Gasteiger partial charge >= 0.3 is 0 Å². The van der Waals surface area contributed by atoms with Crippen LogP contribution in [0.1, 0.15) is 37.7 Å². The topological polar surface area (TPSA) is 57.7 Å². The van der Waals surface area contributed by atoms with E-state index < -0.39 is 9.84 Å². The molecule has 0 spiro atoms. The molecular weight excluding hydrogens is 396 g/mol. The molecule has 0 saturated carbocycles. The van der Waals surface area contributed by atoms with Crippen LogP contribution in [-0.2, 0) is 14.6 Å². The van der Waals surface area contributed by atoms with Gasteiger partial charge in [0.1, 0.15) is 0 Å². The lowest BCUT2D eigenvalue weighted by Crippen LogP contribution is -2.62. The Hall–Kier alpha value is -1.37. The van der Waals surface area contributed by atoms with Crippen LogP contribution in [0.2, 0.25) is 5.02 Å². The number of fused-ring (bicyclic) bond motifs is 1. The average molecular weight is 423 g/mol. The van der Waals surface area contributed by atoms with E-state index in [9.17, 15) is 13.2 Å². The van der Waals surface area contributed by atoms with Gasteiger partial charge in [-0.1, -0.05) is 29.3 Å². The van der Waals surface area contributed by atoms with Crippen molar-refractivity contribution in [3.8, 4) is 0 Å². The molecule has 3 aliphatic rings. The number of hydrogen-bond donors (Lipinski definition) is 0. The number of piperazine rings is 1. The first-order valence-electron chi connectivity index (χ1n) is 10.0. The highest BCUT2D eigenvalue weighted by molar-refractivity contribution is 7.91. The van der Waals surface area contributed by atoms with Crippen molar-refractivity contribution in [3.05, 3.63) is 40.4 Å². The first-order valence-corrected chi connectivity index (χ1v) is 12.2. The summed E-state index contributed by atoms with van der Waals surface area (Å²) in [6, 6.07) is 5.03. The molecule has 1 aromatic carbocycles. The van der Waals surface area contributed by atoms with Crippen molar-refractivity contribution in [2.24, 2.45) is 0 Å². The Morgan fingerprint density at radius 3 is 2.68 bits per heavy atom. The number of amides is 1. The summed E-state index contributed by atoms with van der Waals surface area (Å²) in [5, 5.41) is 0.592. The fourth-order valence-corrected chi connectivity index (χ4v) is 6.84. The predicted molar refractivity (Wildman–Crippen MR) is 113 cm³/mol. The molecule has 28 heavy (non-hydrogen) atoms.